The smallest absolute Gasteiger partial charge is 0.226 e. The average Bonchev–Trinajstić information content (AvgIpc) is 2.40. The predicted molar refractivity (Wildman–Crippen MR) is 80.9 cm³/mol. The summed E-state index contributed by atoms with van der Waals surface area (Å²) in [4.78, 5) is 14.6. The van der Waals surface area contributed by atoms with Crippen LogP contribution in [0.2, 0.25) is 5.02 Å². The monoisotopic (exact) mass is 295 g/mol. The maximum Gasteiger partial charge on any atom is 0.226 e. The van der Waals surface area contributed by atoms with Crippen molar-refractivity contribution in [3.05, 3.63) is 34.9 Å². The van der Waals surface area contributed by atoms with Crippen molar-refractivity contribution in [3.8, 4) is 0 Å². The zero-order valence-corrected chi connectivity index (χ0v) is 13.1. The summed E-state index contributed by atoms with van der Waals surface area (Å²) >= 11 is 5.88. The van der Waals surface area contributed by atoms with Gasteiger partial charge in [-0.3, -0.25) is 4.79 Å². The van der Waals surface area contributed by atoms with Crippen LogP contribution in [0.15, 0.2) is 24.3 Å². The van der Waals surface area contributed by atoms with Crippen LogP contribution in [0.5, 0.6) is 0 Å². The first-order chi connectivity index (χ1) is 9.40. The van der Waals surface area contributed by atoms with E-state index < -0.39 is 0 Å². The molecule has 4 heteroatoms. The molecule has 3 nitrogen and oxygen atoms in total. The number of amides is 1. The van der Waals surface area contributed by atoms with E-state index >= 15 is 0 Å². The highest BCUT2D eigenvalue weighted by molar-refractivity contribution is 6.30. The Kier molecular flexibility index (Phi) is 4.71. The molecule has 1 aliphatic rings. The zero-order valence-electron chi connectivity index (χ0n) is 12.4. The van der Waals surface area contributed by atoms with Gasteiger partial charge in [0.25, 0.3) is 0 Å². The van der Waals surface area contributed by atoms with Crippen molar-refractivity contribution in [1.82, 2.24) is 4.90 Å². The highest BCUT2D eigenvalue weighted by Gasteiger charge is 2.35. The van der Waals surface area contributed by atoms with E-state index in [2.05, 4.69) is 13.8 Å². The average molecular weight is 296 g/mol. The number of carbonyl (C=O) groups is 1. The molecule has 110 valence electrons. The highest BCUT2D eigenvalue weighted by atomic mass is 35.5. The minimum Gasteiger partial charge on any atom is -0.377 e. The third-order valence-corrected chi connectivity index (χ3v) is 4.04. The Hall–Kier alpha value is -1.06. The van der Waals surface area contributed by atoms with Crippen molar-refractivity contribution >= 4 is 17.5 Å². The summed E-state index contributed by atoms with van der Waals surface area (Å²) in [6, 6.07) is 7.70. The Bertz CT molecular complexity index is 470. The van der Waals surface area contributed by atoms with E-state index in [-0.39, 0.29) is 17.4 Å². The fraction of sp³-hybridized carbons (Fsp3) is 0.562. The standard InChI is InChI=1S/C16H22ClNO2/c1-12(10-13-4-6-14(17)7-5-13)15(19)18-8-9-20-11-16(18,2)3/h4-7,12H,8-11H2,1-3H3. The molecule has 1 aromatic rings. The lowest BCUT2D eigenvalue weighted by atomic mass is 9.95. The van der Waals surface area contributed by atoms with Gasteiger partial charge in [-0.2, -0.15) is 0 Å². The molecule has 0 aliphatic carbocycles. The van der Waals surface area contributed by atoms with E-state index in [9.17, 15) is 4.79 Å². The minimum atomic E-state index is -0.219. The van der Waals surface area contributed by atoms with Gasteiger partial charge in [0.1, 0.15) is 0 Å². The Morgan fingerprint density at radius 1 is 1.40 bits per heavy atom. The molecule has 2 rings (SSSR count). The number of morpholine rings is 1. The lowest BCUT2D eigenvalue weighted by Gasteiger charge is -2.43. The molecule has 1 atom stereocenters. The molecule has 0 aromatic heterocycles. The normalized spacial score (nSPS) is 19.7. The Balaban J connectivity index is 2.02. The van der Waals surface area contributed by atoms with Crippen LogP contribution in [-0.2, 0) is 16.0 Å². The SMILES string of the molecule is CC(Cc1ccc(Cl)cc1)C(=O)N1CCOCC1(C)C. The van der Waals surface area contributed by atoms with Gasteiger partial charge in [0.05, 0.1) is 18.8 Å². The molecular weight excluding hydrogens is 274 g/mol. The van der Waals surface area contributed by atoms with Gasteiger partial charge in [0.2, 0.25) is 5.91 Å². The molecule has 1 amide bonds. The number of halogens is 1. The number of nitrogens with zero attached hydrogens (tertiary/aromatic N) is 1. The molecule has 0 spiro atoms. The van der Waals surface area contributed by atoms with E-state index in [1.165, 1.54) is 0 Å². The predicted octanol–water partition coefficient (Wildman–Crippen LogP) is 3.16. The number of hydrogen-bond donors (Lipinski definition) is 0. The summed E-state index contributed by atoms with van der Waals surface area (Å²) in [7, 11) is 0. The summed E-state index contributed by atoms with van der Waals surface area (Å²) in [6.07, 6.45) is 0.740. The first-order valence-corrected chi connectivity index (χ1v) is 7.41. The second-order valence-electron chi connectivity index (χ2n) is 6.09. The quantitative estimate of drug-likeness (QED) is 0.857. The van der Waals surface area contributed by atoms with Crippen LogP contribution in [0.25, 0.3) is 0 Å². The molecular formula is C16H22ClNO2. The topological polar surface area (TPSA) is 29.5 Å². The number of ether oxygens (including phenoxy) is 1. The van der Waals surface area contributed by atoms with Gasteiger partial charge in [-0.05, 0) is 38.0 Å². The van der Waals surface area contributed by atoms with Crippen molar-refractivity contribution in [3.63, 3.8) is 0 Å². The molecule has 1 fully saturated rings. The van der Waals surface area contributed by atoms with Crippen LogP contribution in [0.4, 0.5) is 0 Å². The number of benzene rings is 1. The maximum absolute atomic E-state index is 12.6. The third-order valence-electron chi connectivity index (χ3n) is 3.79. The summed E-state index contributed by atoms with van der Waals surface area (Å²) in [5.74, 6) is 0.168. The van der Waals surface area contributed by atoms with Gasteiger partial charge in [-0.15, -0.1) is 0 Å². The van der Waals surface area contributed by atoms with Crippen LogP contribution in [0.3, 0.4) is 0 Å². The van der Waals surface area contributed by atoms with E-state index in [0.717, 1.165) is 17.0 Å². The lowest BCUT2D eigenvalue weighted by Crippen LogP contribution is -2.57. The first kappa shape index (κ1) is 15.3. The zero-order chi connectivity index (χ0) is 14.8. The van der Waals surface area contributed by atoms with Gasteiger partial charge < -0.3 is 9.64 Å². The Morgan fingerprint density at radius 2 is 2.05 bits per heavy atom. The molecule has 1 aliphatic heterocycles. The second kappa shape index (κ2) is 6.15. The van der Waals surface area contributed by atoms with Crippen LogP contribution >= 0.6 is 11.6 Å². The molecule has 0 bridgehead atoms. The molecule has 0 N–H and O–H groups in total. The van der Waals surface area contributed by atoms with Crippen molar-refractivity contribution < 1.29 is 9.53 Å². The van der Waals surface area contributed by atoms with Crippen LogP contribution in [0.1, 0.15) is 26.3 Å². The van der Waals surface area contributed by atoms with Gasteiger partial charge in [-0.25, -0.2) is 0 Å². The molecule has 0 radical (unpaired) electrons. The summed E-state index contributed by atoms with van der Waals surface area (Å²) in [5, 5.41) is 0.724. The Morgan fingerprint density at radius 3 is 2.65 bits per heavy atom. The molecule has 1 heterocycles. The summed E-state index contributed by atoms with van der Waals surface area (Å²) in [6.45, 7) is 8.01. The summed E-state index contributed by atoms with van der Waals surface area (Å²) < 4.78 is 5.47. The number of hydrogen-bond acceptors (Lipinski definition) is 2. The van der Waals surface area contributed by atoms with E-state index in [1.807, 2.05) is 36.1 Å². The molecule has 1 saturated heterocycles. The fourth-order valence-corrected chi connectivity index (χ4v) is 2.72. The van der Waals surface area contributed by atoms with Crippen LogP contribution in [-0.4, -0.2) is 36.1 Å². The van der Waals surface area contributed by atoms with Gasteiger partial charge in [0, 0.05) is 17.5 Å². The van der Waals surface area contributed by atoms with Crippen LogP contribution in [0, 0.1) is 5.92 Å². The van der Waals surface area contributed by atoms with Crippen molar-refractivity contribution in [1.29, 1.82) is 0 Å². The third kappa shape index (κ3) is 3.53. The second-order valence-corrected chi connectivity index (χ2v) is 6.52. The number of rotatable bonds is 3. The molecule has 0 saturated carbocycles. The fourth-order valence-electron chi connectivity index (χ4n) is 2.59. The Labute approximate surface area is 125 Å². The van der Waals surface area contributed by atoms with Gasteiger partial charge >= 0.3 is 0 Å². The first-order valence-electron chi connectivity index (χ1n) is 7.04. The van der Waals surface area contributed by atoms with E-state index in [1.54, 1.807) is 0 Å². The van der Waals surface area contributed by atoms with Gasteiger partial charge in [0.15, 0.2) is 0 Å². The highest BCUT2D eigenvalue weighted by Crippen LogP contribution is 2.23. The van der Waals surface area contributed by atoms with E-state index in [0.29, 0.717) is 19.8 Å². The van der Waals surface area contributed by atoms with Crippen molar-refractivity contribution in [2.45, 2.75) is 32.7 Å². The number of carbonyl (C=O) groups excluding carboxylic acids is 1. The molecule has 1 unspecified atom stereocenters. The molecule has 1 aromatic carbocycles. The van der Waals surface area contributed by atoms with E-state index in [4.69, 9.17) is 16.3 Å². The van der Waals surface area contributed by atoms with Crippen LogP contribution < -0.4 is 0 Å². The van der Waals surface area contributed by atoms with Crippen molar-refractivity contribution in [2.75, 3.05) is 19.8 Å². The van der Waals surface area contributed by atoms with Crippen molar-refractivity contribution in [2.24, 2.45) is 5.92 Å². The molecule has 20 heavy (non-hydrogen) atoms. The maximum atomic E-state index is 12.6. The minimum absolute atomic E-state index is 0.0337. The van der Waals surface area contributed by atoms with Gasteiger partial charge in [-0.1, -0.05) is 30.7 Å². The lowest BCUT2D eigenvalue weighted by molar-refractivity contribution is -0.150. The largest absolute Gasteiger partial charge is 0.377 e. The summed E-state index contributed by atoms with van der Waals surface area (Å²) in [5.41, 5.74) is 0.921.